The minimum Gasteiger partial charge on any atom is -0.481 e. The molecule has 7 nitrogen and oxygen atoms in total. The molecule has 0 fully saturated rings. The van der Waals surface area contributed by atoms with Crippen molar-refractivity contribution in [3.8, 4) is 0 Å². The van der Waals surface area contributed by atoms with Crippen LogP contribution in [0.4, 0.5) is 0 Å². The van der Waals surface area contributed by atoms with E-state index < -0.39 is 29.9 Å². The summed E-state index contributed by atoms with van der Waals surface area (Å²) in [5.74, 6) is -3.01. The molecule has 15 heavy (non-hydrogen) atoms. The number of amides is 1. The lowest BCUT2D eigenvalue weighted by Gasteiger charge is -2.14. The zero-order valence-corrected chi connectivity index (χ0v) is 8.27. The van der Waals surface area contributed by atoms with Gasteiger partial charge in [-0.1, -0.05) is 0 Å². The Balaban J connectivity index is 4.22. The first kappa shape index (κ1) is 13.4. The van der Waals surface area contributed by atoms with Crippen molar-refractivity contribution in [2.24, 2.45) is 5.73 Å². The van der Waals surface area contributed by atoms with Gasteiger partial charge in [0.05, 0.1) is 6.04 Å². The lowest BCUT2D eigenvalue weighted by atomic mass is 10.1. The first-order chi connectivity index (χ1) is 6.84. The van der Waals surface area contributed by atoms with Gasteiger partial charge in [0.1, 0.15) is 6.04 Å². The van der Waals surface area contributed by atoms with Crippen LogP contribution in [0.2, 0.25) is 0 Å². The molecule has 0 saturated heterocycles. The summed E-state index contributed by atoms with van der Waals surface area (Å²) in [4.78, 5) is 31.9. The number of hydrogen-bond donors (Lipinski definition) is 4. The number of nitrogens with one attached hydrogen (secondary N) is 1. The number of aliphatic carboxylic acids is 2. The van der Waals surface area contributed by atoms with Crippen LogP contribution in [-0.2, 0) is 14.4 Å². The average molecular weight is 218 g/mol. The Morgan fingerprint density at radius 1 is 1.33 bits per heavy atom. The van der Waals surface area contributed by atoms with Crippen molar-refractivity contribution in [3.63, 3.8) is 0 Å². The topological polar surface area (TPSA) is 130 Å². The summed E-state index contributed by atoms with van der Waals surface area (Å²) < 4.78 is 0. The zero-order chi connectivity index (χ0) is 12.0. The summed E-state index contributed by atoms with van der Waals surface area (Å²) in [6, 6.07) is -2.03. The monoisotopic (exact) mass is 218 g/mol. The predicted molar refractivity (Wildman–Crippen MR) is 50.1 cm³/mol. The molecule has 0 aliphatic rings. The minimum atomic E-state index is -1.27. The third-order valence-corrected chi connectivity index (χ3v) is 1.68. The smallest absolute Gasteiger partial charge is 0.326 e. The van der Waals surface area contributed by atoms with E-state index >= 15 is 0 Å². The van der Waals surface area contributed by atoms with E-state index in [1.165, 1.54) is 6.92 Å². The summed E-state index contributed by atoms with van der Waals surface area (Å²) in [5, 5.41) is 19.2. The molecule has 5 N–H and O–H groups in total. The largest absolute Gasteiger partial charge is 0.481 e. The highest BCUT2D eigenvalue weighted by atomic mass is 16.4. The Morgan fingerprint density at radius 2 is 1.87 bits per heavy atom. The Bertz CT molecular complexity index is 264. The third kappa shape index (κ3) is 5.63. The molecule has 1 amide bonds. The van der Waals surface area contributed by atoms with Gasteiger partial charge >= 0.3 is 11.9 Å². The number of carboxylic acids is 2. The Hall–Kier alpha value is -1.63. The van der Waals surface area contributed by atoms with Crippen LogP contribution < -0.4 is 11.1 Å². The van der Waals surface area contributed by atoms with Crippen LogP contribution >= 0.6 is 0 Å². The summed E-state index contributed by atoms with van der Waals surface area (Å²) in [6.07, 6.45) is -0.487. The number of nitrogens with two attached hydrogens (primary N) is 1. The molecule has 0 unspecified atom stereocenters. The van der Waals surface area contributed by atoms with Gasteiger partial charge in [0.2, 0.25) is 5.91 Å². The summed E-state index contributed by atoms with van der Waals surface area (Å²) >= 11 is 0. The Kier molecular flexibility index (Phi) is 5.32. The molecule has 0 rings (SSSR count). The second kappa shape index (κ2) is 5.97. The van der Waals surface area contributed by atoms with E-state index in [1.807, 2.05) is 0 Å². The molecule has 0 aromatic rings. The van der Waals surface area contributed by atoms with E-state index in [0.717, 1.165) is 0 Å². The van der Waals surface area contributed by atoms with Crippen LogP contribution in [0.25, 0.3) is 0 Å². The number of hydrogen-bond acceptors (Lipinski definition) is 4. The maximum Gasteiger partial charge on any atom is 0.326 e. The van der Waals surface area contributed by atoms with Crippen molar-refractivity contribution in [1.82, 2.24) is 5.32 Å². The second-order valence-electron chi connectivity index (χ2n) is 3.12. The van der Waals surface area contributed by atoms with Crippen LogP contribution in [0.15, 0.2) is 0 Å². The standard InChI is InChI=1S/C8H14N2O5/c1-4(9)7(13)10-5(8(14)15)2-3-6(11)12/h4-5H,2-3,9H2,1H3,(H,10,13)(H,11,12)(H,14,15)/t4-,5+/m1/s1. The molecule has 0 aliphatic heterocycles. The lowest BCUT2D eigenvalue weighted by molar-refractivity contribution is -0.143. The van der Waals surface area contributed by atoms with Gasteiger partial charge in [-0.2, -0.15) is 0 Å². The number of carboxylic acid groups (broad SMARTS) is 2. The molecule has 2 atom stereocenters. The molecular weight excluding hydrogens is 204 g/mol. The molecular formula is C8H14N2O5. The maximum atomic E-state index is 11.1. The highest BCUT2D eigenvalue weighted by Crippen LogP contribution is 1.98. The molecule has 86 valence electrons. The molecule has 0 spiro atoms. The summed E-state index contributed by atoms with van der Waals surface area (Å²) in [7, 11) is 0. The predicted octanol–water partition coefficient (Wildman–Crippen LogP) is -1.23. The van der Waals surface area contributed by atoms with Gasteiger partial charge in [-0.25, -0.2) is 4.79 Å². The minimum absolute atomic E-state index is 0.164. The van der Waals surface area contributed by atoms with Crippen molar-refractivity contribution < 1.29 is 24.6 Å². The highest BCUT2D eigenvalue weighted by molar-refractivity contribution is 5.86. The fraction of sp³-hybridized carbons (Fsp3) is 0.625. The molecule has 0 bridgehead atoms. The molecule has 0 aromatic carbocycles. The van der Waals surface area contributed by atoms with Crippen molar-refractivity contribution in [2.45, 2.75) is 31.8 Å². The van der Waals surface area contributed by atoms with Gasteiger partial charge in [-0.3, -0.25) is 9.59 Å². The van der Waals surface area contributed by atoms with Gasteiger partial charge in [0, 0.05) is 6.42 Å². The van der Waals surface area contributed by atoms with E-state index in [2.05, 4.69) is 5.32 Å². The Labute approximate surface area is 86.3 Å². The van der Waals surface area contributed by atoms with Crippen LogP contribution in [0.1, 0.15) is 19.8 Å². The van der Waals surface area contributed by atoms with E-state index in [-0.39, 0.29) is 12.8 Å². The number of carbonyl (C=O) groups is 3. The van der Waals surface area contributed by atoms with Gasteiger partial charge < -0.3 is 21.3 Å². The van der Waals surface area contributed by atoms with Crippen molar-refractivity contribution in [1.29, 1.82) is 0 Å². The molecule has 0 saturated carbocycles. The number of rotatable bonds is 6. The SMILES string of the molecule is C[C@@H](N)C(=O)N[C@@H](CCC(=O)O)C(=O)O. The summed E-state index contributed by atoms with van der Waals surface area (Å²) in [6.45, 7) is 1.41. The van der Waals surface area contributed by atoms with Crippen LogP contribution in [0.5, 0.6) is 0 Å². The van der Waals surface area contributed by atoms with Gasteiger partial charge in [-0.05, 0) is 13.3 Å². The van der Waals surface area contributed by atoms with E-state index in [0.29, 0.717) is 0 Å². The lowest BCUT2D eigenvalue weighted by Crippen LogP contribution is -2.47. The van der Waals surface area contributed by atoms with E-state index in [1.54, 1.807) is 0 Å². The van der Waals surface area contributed by atoms with Crippen LogP contribution in [-0.4, -0.2) is 40.1 Å². The van der Waals surface area contributed by atoms with Gasteiger partial charge in [0.15, 0.2) is 0 Å². The van der Waals surface area contributed by atoms with Crippen molar-refractivity contribution in [2.75, 3.05) is 0 Å². The highest BCUT2D eigenvalue weighted by Gasteiger charge is 2.21. The quantitative estimate of drug-likeness (QED) is 0.441. The van der Waals surface area contributed by atoms with E-state index in [4.69, 9.17) is 15.9 Å². The normalized spacial score (nSPS) is 14.0. The summed E-state index contributed by atoms with van der Waals surface area (Å²) in [5.41, 5.74) is 5.22. The van der Waals surface area contributed by atoms with Crippen molar-refractivity contribution >= 4 is 17.8 Å². The first-order valence-electron chi connectivity index (χ1n) is 4.35. The zero-order valence-electron chi connectivity index (χ0n) is 8.27. The van der Waals surface area contributed by atoms with Crippen LogP contribution in [0, 0.1) is 0 Å². The fourth-order valence-corrected chi connectivity index (χ4v) is 0.828. The first-order valence-corrected chi connectivity index (χ1v) is 4.35. The molecule has 0 radical (unpaired) electrons. The van der Waals surface area contributed by atoms with Gasteiger partial charge in [0.25, 0.3) is 0 Å². The Morgan fingerprint density at radius 3 is 2.20 bits per heavy atom. The van der Waals surface area contributed by atoms with Crippen molar-refractivity contribution in [3.05, 3.63) is 0 Å². The second-order valence-corrected chi connectivity index (χ2v) is 3.12. The van der Waals surface area contributed by atoms with E-state index in [9.17, 15) is 14.4 Å². The third-order valence-electron chi connectivity index (χ3n) is 1.68. The molecule has 7 heteroatoms. The van der Waals surface area contributed by atoms with Crippen LogP contribution in [0.3, 0.4) is 0 Å². The molecule has 0 aliphatic carbocycles. The average Bonchev–Trinajstić information content (AvgIpc) is 2.10. The fourth-order valence-electron chi connectivity index (χ4n) is 0.828. The number of carbonyl (C=O) groups excluding carboxylic acids is 1. The maximum absolute atomic E-state index is 11.1. The molecule has 0 aromatic heterocycles. The molecule has 0 heterocycles. The van der Waals surface area contributed by atoms with Gasteiger partial charge in [-0.15, -0.1) is 0 Å².